The van der Waals surface area contributed by atoms with Crippen LogP contribution in [-0.2, 0) is 26.2 Å². The van der Waals surface area contributed by atoms with Crippen LogP contribution in [0.5, 0.6) is 0 Å². The van der Waals surface area contributed by atoms with Crippen LogP contribution in [-0.4, -0.2) is 6.61 Å². The van der Waals surface area contributed by atoms with Crippen LogP contribution in [0.15, 0.2) is 0 Å². The van der Waals surface area contributed by atoms with E-state index in [1.807, 2.05) is 6.92 Å². The van der Waals surface area contributed by atoms with E-state index in [0.29, 0.717) is 6.42 Å². The van der Waals surface area contributed by atoms with E-state index in [4.69, 9.17) is 0 Å². The molecular weight excluding hydrogens is 231 g/mol. The minimum atomic E-state index is -4.71. The Hall–Kier alpha value is 0.629. The summed E-state index contributed by atoms with van der Waals surface area (Å²) in [6.07, 6.45) is 3.68. The number of rotatable bonds is 6. The van der Waals surface area contributed by atoms with Crippen LogP contribution in [0.2, 0.25) is 0 Å². The van der Waals surface area contributed by atoms with Gasteiger partial charge < -0.3 is 18.9 Å². The monoisotopic (exact) mass is 243 g/mol. The molecule has 77 valence electrons. The summed E-state index contributed by atoms with van der Waals surface area (Å²) in [5.41, 5.74) is 0. The van der Waals surface area contributed by atoms with Crippen molar-refractivity contribution >= 4 is 7.82 Å². The van der Waals surface area contributed by atoms with Crippen LogP contribution < -0.4 is 9.79 Å². The second kappa shape index (κ2) is 8.24. The Morgan fingerprint density at radius 2 is 1.83 bits per heavy atom. The van der Waals surface area contributed by atoms with Gasteiger partial charge in [0.05, 0.1) is 14.4 Å². The Balaban J connectivity index is 0. The molecule has 0 fully saturated rings. The van der Waals surface area contributed by atoms with E-state index in [9.17, 15) is 14.4 Å². The average Bonchev–Trinajstić information content (AvgIpc) is 1.85. The van der Waals surface area contributed by atoms with E-state index >= 15 is 0 Å². The van der Waals surface area contributed by atoms with Crippen molar-refractivity contribution in [3.63, 3.8) is 0 Å². The van der Waals surface area contributed by atoms with Gasteiger partial charge in [0.2, 0.25) is 0 Å². The van der Waals surface area contributed by atoms with Crippen molar-refractivity contribution in [3.8, 4) is 0 Å². The molecule has 0 rings (SSSR count). The van der Waals surface area contributed by atoms with E-state index in [-0.39, 0.29) is 23.7 Å². The molecule has 0 aromatic carbocycles. The molecule has 0 saturated heterocycles. The third kappa shape index (κ3) is 13.2. The summed E-state index contributed by atoms with van der Waals surface area (Å²) in [7, 11) is -4.71. The molecule has 0 atom stereocenters. The summed E-state index contributed by atoms with van der Waals surface area (Å²) >= 11 is 0. The quantitative estimate of drug-likeness (QED) is 0.385. The Labute approximate surface area is 83.4 Å². The van der Waals surface area contributed by atoms with Crippen molar-refractivity contribution in [3.05, 3.63) is 0 Å². The zero-order valence-electron chi connectivity index (χ0n) is 6.92. The maximum atomic E-state index is 9.91. The van der Waals surface area contributed by atoms with Gasteiger partial charge in [0.25, 0.3) is 0 Å². The standard InChI is InChI=1S/C6H15O4P.Cu/c1-2-3-4-5-6-10-11(7,8)9;/h2-6H2,1H3,(H2,7,8,9);/q;+2/p-2. The van der Waals surface area contributed by atoms with E-state index in [2.05, 4.69) is 4.52 Å². The zero-order chi connectivity index (χ0) is 8.74. The molecule has 0 aromatic heterocycles. The topological polar surface area (TPSA) is 72.4 Å². The summed E-state index contributed by atoms with van der Waals surface area (Å²) in [6.45, 7) is 2.08. The summed E-state index contributed by atoms with van der Waals surface area (Å²) in [4.78, 5) is 19.8. The second-order valence-corrected chi connectivity index (χ2v) is 3.49. The van der Waals surface area contributed by atoms with Gasteiger partial charge in [0.15, 0.2) is 0 Å². The van der Waals surface area contributed by atoms with Gasteiger partial charge in [-0.3, -0.25) is 0 Å². The molecule has 0 spiro atoms. The molecule has 0 saturated carbocycles. The molecule has 0 aliphatic rings. The molecule has 6 heteroatoms. The Bertz CT molecular complexity index is 136. The maximum Gasteiger partial charge on any atom is 2.00 e. The van der Waals surface area contributed by atoms with Gasteiger partial charge in [-0.2, -0.15) is 0 Å². The number of unbranched alkanes of at least 4 members (excludes halogenated alkanes) is 3. The third-order valence-electron chi connectivity index (χ3n) is 1.25. The first-order valence-electron chi connectivity index (χ1n) is 3.73. The smallest absolute Gasteiger partial charge is 0.790 e. The molecule has 0 amide bonds. The zero-order valence-corrected chi connectivity index (χ0v) is 8.75. The predicted molar refractivity (Wildman–Crippen MR) is 37.7 cm³/mol. The van der Waals surface area contributed by atoms with Crippen molar-refractivity contribution in [2.45, 2.75) is 32.6 Å². The van der Waals surface area contributed by atoms with Crippen molar-refractivity contribution < 1.29 is 35.9 Å². The molecular formula is C6H13CuO4P. The molecule has 0 bridgehead atoms. The molecule has 12 heavy (non-hydrogen) atoms. The van der Waals surface area contributed by atoms with Crippen molar-refractivity contribution in [2.75, 3.05) is 6.61 Å². The summed E-state index contributed by atoms with van der Waals surface area (Å²) < 4.78 is 13.9. The maximum absolute atomic E-state index is 9.91. The molecule has 0 aliphatic heterocycles. The van der Waals surface area contributed by atoms with Crippen LogP contribution >= 0.6 is 7.82 Å². The molecule has 4 nitrogen and oxygen atoms in total. The fourth-order valence-electron chi connectivity index (χ4n) is 0.705. The first-order chi connectivity index (χ1) is 5.06. The number of hydrogen-bond donors (Lipinski definition) is 0. The van der Waals surface area contributed by atoms with Gasteiger partial charge >= 0.3 is 17.1 Å². The third-order valence-corrected chi connectivity index (χ3v) is 1.75. The van der Waals surface area contributed by atoms with Crippen LogP contribution in [0.1, 0.15) is 32.6 Å². The number of phosphoric ester groups is 1. The first-order valence-corrected chi connectivity index (χ1v) is 5.19. The molecule has 0 aliphatic carbocycles. The Morgan fingerprint density at radius 1 is 1.25 bits per heavy atom. The minimum Gasteiger partial charge on any atom is -0.790 e. The first kappa shape index (κ1) is 15.1. The van der Waals surface area contributed by atoms with Crippen molar-refractivity contribution in [1.29, 1.82) is 0 Å². The fourth-order valence-corrected chi connectivity index (χ4v) is 1.06. The summed E-state index contributed by atoms with van der Waals surface area (Å²) in [6, 6.07) is 0. The van der Waals surface area contributed by atoms with E-state index in [1.54, 1.807) is 0 Å². The summed E-state index contributed by atoms with van der Waals surface area (Å²) in [5, 5.41) is 0. The minimum absolute atomic E-state index is 0. The molecule has 0 unspecified atom stereocenters. The van der Waals surface area contributed by atoms with Gasteiger partial charge in [-0.05, 0) is 6.42 Å². The number of hydrogen-bond acceptors (Lipinski definition) is 4. The Morgan fingerprint density at radius 3 is 2.25 bits per heavy atom. The normalized spacial score (nSPS) is 10.9. The Kier molecular flexibility index (Phi) is 10.4. The average molecular weight is 244 g/mol. The molecule has 0 aromatic rings. The fraction of sp³-hybridized carbons (Fsp3) is 1.00. The van der Waals surface area contributed by atoms with Crippen LogP contribution in [0.4, 0.5) is 0 Å². The summed E-state index contributed by atoms with van der Waals surface area (Å²) in [5.74, 6) is 0. The van der Waals surface area contributed by atoms with Crippen LogP contribution in [0, 0.1) is 0 Å². The largest absolute Gasteiger partial charge is 2.00 e. The predicted octanol–water partition coefficient (Wildman–Crippen LogP) is 0.409. The van der Waals surface area contributed by atoms with Gasteiger partial charge in [-0.15, -0.1) is 0 Å². The van der Waals surface area contributed by atoms with Crippen molar-refractivity contribution in [2.24, 2.45) is 0 Å². The van der Waals surface area contributed by atoms with Crippen molar-refractivity contribution in [1.82, 2.24) is 0 Å². The van der Waals surface area contributed by atoms with Gasteiger partial charge in [-0.25, -0.2) is 0 Å². The van der Waals surface area contributed by atoms with E-state index in [0.717, 1.165) is 19.3 Å². The van der Waals surface area contributed by atoms with Crippen LogP contribution in [0.25, 0.3) is 0 Å². The van der Waals surface area contributed by atoms with E-state index < -0.39 is 7.82 Å². The van der Waals surface area contributed by atoms with Gasteiger partial charge in [0.1, 0.15) is 0 Å². The van der Waals surface area contributed by atoms with Gasteiger partial charge in [-0.1, -0.05) is 26.2 Å². The molecule has 1 radical (unpaired) electrons. The van der Waals surface area contributed by atoms with Gasteiger partial charge in [0, 0.05) is 0 Å². The van der Waals surface area contributed by atoms with Crippen LogP contribution in [0.3, 0.4) is 0 Å². The molecule has 0 heterocycles. The molecule has 0 N–H and O–H groups in total. The van der Waals surface area contributed by atoms with E-state index in [1.165, 1.54) is 0 Å². The SMILES string of the molecule is CCCCCCOP(=O)([O-])[O-].[Cu+2]. The second-order valence-electron chi connectivity index (χ2n) is 2.34. The number of phosphoric acid groups is 1.